The van der Waals surface area contributed by atoms with Gasteiger partial charge in [-0.05, 0) is 0 Å². The molecule has 0 aromatic carbocycles. The number of hydrogen-bond donors (Lipinski definition) is 5. The van der Waals surface area contributed by atoms with Crippen molar-refractivity contribution in [2.45, 2.75) is 37.6 Å². The molecule has 0 bridgehead atoms. The van der Waals surface area contributed by atoms with Gasteiger partial charge in [0.1, 0.15) is 24.4 Å². The van der Waals surface area contributed by atoms with Crippen molar-refractivity contribution >= 4 is 5.91 Å². The van der Waals surface area contributed by atoms with Crippen molar-refractivity contribution in [2.75, 3.05) is 6.61 Å². The third-order valence-corrected chi connectivity index (χ3v) is 2.27. The molecular formula is C8H17NO7. The summed E-state index contributed by atoms with van der Waals surface area (Å²) in [6, 6.07) is -1.10. The lowest BCUT2D eigenvalue weighted by atomic mass is 9.97. The maximum absolute atomic E-state index is 10.7. The fourth-order valence-corrected chi connectivity index (χ4v) is 1.49. The Morgan fingerprint density at radius 3 is 2.31 bits per heavy atom. The van der Waals surface area contributed by atoms with Gasteiger partial charge in [-0.25, -0.2) is 0 Å². The number of carbonyl (C=O) groups is 1. The average molecular weight is 239 g/mol. The lowest BCUT2D eigenvalue weighted by Gasteiger charge is -2.40. The van der Waals surface area contributed by atoms with Crippen LogP contribution in [0.4, 0.5) is 0 Å². The van der Waals surface area contributed by atoms with Crippen molar-refractivity contribution in [3.8, 4) is 0 Å². The van der Waals surface area contributed by atoms with E-state index in [0.29, 0.717) is 0 Å². The summed E-state index contributed by atoms with van der Waals surface area (Å²) in [6.45, 7) is 0.687. The Morgan fingerprint density at radius 2 is 1.88 bits per heavy atom. The van der Waals surface area contributed by atoms with E-state index in [1.54, 1.807) is 0 Å². The Balaban J connectivity index is 0.00000225. The van der Waals surface area contributed by atoms with Crippen LogP contribution in [0.2, 0.25) is 0 Å². The van der Waals surface area contributed by atoms with Crippen molar-refractivity contribution in [3.63, 3.8) is 0 Å². The first-order valence-corrected chi connectivity index (χ1v) is 4.55. The normalized spacial score (nSPS) is 38.7. The number of hydrogen-bond acceptors (Lipinski definition) is 6. The molecule has 0 saturated carbocycles. The Bertz CT molecular complexity index is 236. The Morgan fingerprint density at radius 1 is 1.31 bits per heavy atom. The van der Waals surface area contributed by atoms with Crippen LogP contribution in [0, 0.1) is 0 Å². The van der Waals surface area contributed by atoms with Gasteiger partial charge < -0.3 is 36.0 Å². The minimum absolute atomic E-state index is 0. The van der Waals surface area contributed by atoms with Gasteiger partial charge in [0.15, 0.2) is 6.29 Å². The van der Waals surface area contributed by atoms with Crippen LogP contribution < -0.4 is 5.32 Å². The van der Waals surface area contributed by atoms with Gasteiger partial charge in [0.25, 0.3) is 0 Å². The van der Waals surface area contributed by atoms with Gasteiger partial charge in [-0.15, -0.1) is 0 Å². The van der Waals surface area contributed by atoms with Crippen LogP contribution in [0.1, 0.15) is 6.92 Å². The quantitative estimate of drug-likeness (QED) is 0.332. The molecule has 1 aliphatic heterocycles. The second-order valence-corrected chi connectivity index (χ2v) is 3.46. The van der Waals surface area contributed by atoms with Crippen molar-refractivity contribution < 1.29 is 35.4 Å². The molecule has 1 aliphatic rings. The van der Waals surface area contributed by atoms with Crippen LogP contribution in [0.5, 0.6) is 0 Å². The molecule has 1 heterocycles. The topological polar surface area (TPSA) is 151 Å². The molecule has 0 aromatic rings. The smallest absolute Gasteiger partial charge is 0.217 e. The van der Waals surface area contributed by atoms with Gasteiger partial charge in [-0.1, -0.05) is 0 Å². The van der Waals surface area contributed by atoms with Crippen LogP contribution in [-0.2, 0) is 9.53 Å². The van der Waals surface area contributed by atoms with Gasteiger partial charge in [-0.2, -0.15) is 0 Å². The minimum atomic E-state index is -1.45. The third kappa shape index (κ3) is 3.11. The second-order valence-electron chi connectivity index (χ2n) is 3.46. The summed E-state index contributed by atoms with van der Waals surface area (Å²) in [5.41, 5.74) is 0. The first-order valence-electron chi connectivity index (χ1n) is 4.55. The molecule has 0 aliphatic carbocycles. The van der Waals surface area contributed by atoms with E-state index in [9.17, 15) is 20.1 Å². The Kier molecular flexibility index (Phi) is 5.79. The summed E-state index contributed by atoms with van der Waals surface area (Å²) in [6.07, 6.45) is -5.24. The molecule has 8 heteroatoms. The summed E-state index contributed by atoms with van der Waals surface area (Å²) in [5.74, 6) is -0.462. The number of nitrogens with one attached hydrogen (secondary N) is 1. The summed E-state index contributed by atoms with van der Waals surface area (Å²) in [4.78, 5) is 10.7. The van der Waals surface area contributed by atoms with Gasteiger partial charge >= 0.3 is 0 Å². The van der Waals surface area contributed by atoms with E-state index in [1.165, 1.54) is 6.92 Å². The monoisotopic (exact) mass is 239 g/mol. The maximum Gasteiger partial charge on any atom is 0.217 e. The number of amides is 1. The number of rotatable bonds is 2. The summed E-state index contributed by atoms with van der Waals surface area (Å²) >= 11 is 0. The van der Waals surface area contributed by atoms with Crippen LogP contribution >= 0.6 is 0 Å². The van der Waals surface area contributed by atoms with Gasteiger partial charge in [0.2, 0.25) is 5.91 Å². The summed E-state index contributed by atoms with van der Waals surface area (Å²) in [5, 5.41) is 39.4. The van der Waals surface area contributed by atoms with Crippen molar-refractivity contribution in [1.29, 1.82) is 0 Å². The van der Waals surface area contributed by atoms with Crippen LogP contribution in [0.3, 0.4) is 0 Å². The lowest BCUT2D eigenvalue weighted by Crippen LogP contribution is -2.63. The third-order valence-electron chi connectivity index (χ3n) is 2.27. The zero-order chi connectivity index (χ0) is 11.6. The van der Waals surface area contributed by atoms with Gasteiger partial charge in [0.05, 0.1) is 6.61 Å². The molecule has 1 amide bonds. The molecule has 16 heavy (non-hydrogen) atoms. The SMILES string of the molecule is CC(=O)N[C@@H]1C(O)O[C@H](CO)[C@@H](O)[C@@H]1O.O. The Labute approximate surface area is 91.8 Å². The molecule has 1 rings (SSSR count). The molecule has 0 radical (unpaired) electrons. The van der Waals surface area contributed by atoms with E-state index in [1.807, 2.05) is 0 Å². The molecule has 0 spiro atoms. The van der Waals surface area contributed by atoms with Crippen molar-refractivity contribution in [3.05, 3.63) is 0 Å². The van der Waals surface area contributed by atoms with E-state index >= 15 is 0 Å². The summed E-state index contributed by atoms with van der Waals surface area (Å²) < 4.78 is 4.81. The second kappa shape index (κ2) is 6.09. The standard InChI is InChI=1S/C8H15NO6.H2O/c1-3(11)9-5-7(13)6(12)4(2-10)15-8(5)14;/h4-8,10,12-14H,2H2,1H3,(H,9,11);1H2/t4-,5+,6-,7-,8?;/m1./s1. The first kappa shape index (κ1) is 15.2. The van der Waals surface area contributed by atoms with Gasteiger partial charge in [0, 0.05) is 6.92 Å². The average Bonchev–Trinajstić information content (AvgIpc) is 2.18. The molecule has 1 unspecified atom stereocenters. The van der Waals surface area contributed by atoms with E-state index in [4.69, 9.17) is 9.84 Å². The molecule has 96 valence electrons. The van der Waals surface area contributed by atoms with Crippen molar-refractivity contribution in [2.24, 2.45) is 0 Å². The predicted octanol–water partition coefficient (Wildman–Crippen LogP) is -3.90. The number of aliphatic hydroxyl groups is 4. The summed E-state index contributed by atoms with van der Waals surface area (Å²) in [7, 11) is 0. The van der Waals surface area contributed by atoms with E-state index in [0.717, 1.165) is 0 Å². The first-order chi connectivity index (χ1) is 6.97. The molecular weight excluding hydrogens is 222 g/mol. The van der Waals surface area contributed by atoms with E-state index in [-0.39, 0.29) is 5.48 Å². The molecule has 8 nitrogen and oxygen atoms in total. The van der Waals surface area contributed by atoms with Crippen LogP contribution in [-0.4, -0.2) is 69.1 Å². The molecule has 5 atom stereocenters. The van der Waals surface area contributed by atoms with Crippen LogP contribution in [0.15, 0.2) is 0 Å². The highest BCUT2D eigenvalue weighted by Gasteiger charge is 2.43. The molecule has 7 N–H and O–H groups in total. The van der Waals surface area contributed by atoms with Crippen molar-refractivity contribution in [1.82, 2.24) is 5.32 Å². The van der Waals surface area contributed by atoms with Gasteiger partial charge in [-0.3, -0.25) is 4.79 Å². The van der Waals surface area contributed by atoms with Crippen LogP contribution in [0.25, 0.3) is 0 Å². The molecule has 1 fully saturated rings. The highest BCUT2D eigenvalue weighted by molar-refractivity contribution is 5.73. The highest BCUT2D eigenvalue weighted by atomic mass is 16.6. The zero-order valence-electron chi connectivity index (χ0n) is 8.70. The predicted molar refractivity (Wildman–Crippen MR) is 51.2 cm³/mol. The van der Waals surface area contributed by atoms with E-state index in [2.05, 4.69) is 5.32 Å². The Hall–Kier alpha value is -0.770. The fraction of sp³-hybridized carbons (Fsp3) is 0.875. The highest BCUT2D eigenvalue weighted by Crippen LogP contribution is 2.19. The molecule has 0 aromatic heterocycles. The number of carbonyl (C=O) groups excluding carboxylic acids is 1. The molecule has 1 saturated heterocycles. The number of aliphatic hydroxyl groups excluding tert-OH is 4. The lowest BCUT2D eigenvalue weighted by molar-refractivity contribution is -0.253. The fourth-order valence-electron chi connectivity index (χ4n) is 1.49. The van der Waals surface area contributed by atoms with E-state index < -0.39 is 43.2 Å². The minimum Gasteiger partial charge on any atom is -0.412 e. The largest absolute Gasteiger partial charge is 0.412 e. The maximum atomic E-state index is 10.7. The zero-order valence-corrected chi connectivity index (χ0v) is 8.70. The number of ether oxygens (including phenoxy) is 1.